The quantitative estimate of drug-likeness (QED) is 0.0937. The van der Waals surface area contributed by atoms with E-state index in [1.165, 1.54) is 23.2 Å². The molecule has 8 nitrogen and oxygen atoms in total. The van der Waals surface area contributed by atoms with E-state index in [-0.39, 0.29) is 5.03 Å². The van der Waals surface area contributed by atoms with E-state index in [1.807, 2.05) is 56.8 Å². The molecular formula is C40H41ClN4O4S. The van der Waals surface area contributed by atoms with Crippen molar-refractivity contribution >= 4 is 38.1 Å². The summed E-state index contributed by atoms with van der Waals surface area (Å²) in [5.74, 6) is -0.282. The van der Waals surface area contributed by atoms with Crippen molar-refractivity contribution in [2.45, 2.75) is 59.0 Å². The highest BCUT2D eigenvalue weighted by atomic mass is 35.5. The fraction of sp³-hybridized carbons (Fsp3) is 0.275. The Balaban J connectivity index is 1.30. The number of para-hydroxylation sites is 1. The van der Waals surface area contributed by atoms with Crippen LogP contribution in [0.2, 0.25) is 5.02 Å². The van der Waals surface area contributed by atoms with Crippen molar-refractivity contribution < 1.29 is 17.9 Å². The van der Waals surface area contributed by atoms with Gasteiger partial charge >= 0.3 is 0 Å². The van der Waals surface area contributed by atoms with E-state index in [0.717, 1.165) is 74.0 Å². The molecule has 6 aromatic rings. The molecule has 258 valence electrons. The number of aromatic nitrogens is 4. The van der Waals surface area contributed by atoms with Crippen LogP contribution in [0.3, 0.4) is 0 Å². The monoisotopic (exact) mass is 708 g/mol. The minimum atomic E-state index is -3.85. The topological polar surface area (TPSA) is 96.1 Å². The maximum atomic E-state index is 13.0. The normalized spacial score (nSPS) is 11.7. The molecule has 0 bridgehead atoms. The lowest BCUT2D eigenvalue weighted by atomic mass is 9.98. The zero-order valence-corrected chi connectivity index (χ0v) is 30.8. The SMILES string of the molecule is Cc1cc(OCCCc2c(C)n(Cc3ccc(C(=O)CS(=O)(=O)c4ccccn4)cc3)c3c(-c4c(C)nn(C)c4C)cccc23)cc(C)c1Cl. The second-order valence-electron chi connectivity index (χ2n) is 12.9. The molecule has 0 spiro atoms. The predicted octanol–water partition coefficient (Wildman–Crippen LogP) is 8.35. The van der Waals surface area contributed by atoms with Gasteiger partial charge in [0.2, 0.25) is 9.84 Å². The molecule has 0 saturated carbocycles. The lowest BCUT2D eigenvalue weighted by Crippen LogP contribution is -2.17. The van der Waals surface area contributed by atoms with E-state index in [4.69, 9.17) is 21.4 Å². The molecule has 0 aliphatic rings. The Hall–Kier alpha value is -4.73. The summed E-state index contributed by atoms with van der Waals surface area (Å²) in [6, 6.07) is 22.3. The van der Waals surface area contributed by atoms with Crippen molar-refractivity contribution in [1.82, 2.24) is 19.3 Å². The first-order chi connectivity index (χ1) is 23.9. The number of fused-ring (bicyclic) bond motifs is 1. The molecule has 0 fully saturated rings. The Morgan fingerprint density at radius 3 is 2.26 bits per heavy atom. The molecule has 3 aromatic carbocycles. The van der Waals surface area contributed by atoms with Gasteiger partial charge in [-0.25, -0.2) is 13.4 Å². The van der Waals surface area contributed by atoms with E-state index in [9.17, 15) is 13.2 Å². The number of rotatable bonds is 12. The highest BCUT2D eigenvalue weighted by molar-refractivity contribution is 7.92. The number of benzene rings is 3. The van der Waals surface area contributed by atoms with Gasteiger partial charge in [0.15, 0.2) is 10.8 Å². The summed E-state index contributed by atoms with van der Waals surface area (Å²) in [6.07, 6.45) is 3.06. The van der Waals surface area contributed by atoms with E-state index in [1.54, 1.807) is 24.3 Å². The number of ketones is 1. The second-order valence-corrected chi connectivity index (χ2v) is 15.2. The van der Waals surface area contributed by atoms with Gasteiger partial charge in [0, 0.05) is 58.3 Å². The zero-order valence-electron chi connectivity index (χ0n) is 29.2. The van der Waals surface area contributed by atoms with Gasteiger partial charge in [0.1, 0.15) is 11.5 Å². The number of Topliss-reactive ketones (excluding diaryl/α,β-unsaturated/α-hetero) is 1. The lowest BCUT2D eigenvalue weighted by Gasteiger charge is -2.13. The van der Waals surface area contributed by atoms with Crippen molar-refractivity contribution in [3.05, 3.63) is 129 Å². The van der Waals surface area contributed by atoms with Crippen molar-refractivity contribution in [2.24, 2.45) is 7.05 Å². The Morgan fingerprint density at radius 1 is 0.900 bits per heavy atom. The first-order valence-electron chi connectivity index (χ1n) is 16.6. The molecule has 10 heteroatoms. The molecule has 0 aliphatic heterocycles. The molecule has 50 heavy (non-hydrogen) atoms. The average Bonchev–Trinajstić information content (AvgIpc) is 3.51. The Morgan fingerprint density at radius 2 is 1.62 bits per heavy atom. The summed E-state index contributed by atoms with van der Waals surface area (Å²) in [5.41, 5.74) is 11.2. The van der Waals surface area contributed by atoms with Crippen LogP contribution in [-0.2, 0) is 29.9 Å². The van der Waals surface area contributed by atoms with Gasteiger partial charge < -0.3 is 9.30 Å². The molecule has 3 heterocycles. The molecule has 0 unspecified atom stereocenters. The van der Waals surface area contributed by atoms with Crippen molar-refractivity contribution in [3.8, 4) is 16.9 Å². The van der Waals surface area contributed by atoms with Gasteiger partial charge in [-0.15, -0.1) is 0 Å². The van der Waals surface area contributed by atoms with Crippen LogP contribution in [0.25, 0.3) is 22.0 Å². The molecule has 0 amide bonds. The summed E-state index contributed by atoms with van der Waals surface area (Å²) in [6.45, 7) is 11.4. The number of pyridine rings is 1. The van der Waals surface area contributed by atoms with Crippen LogP contribution in [0.5, 0.6) is 5.75 Å². The molecule has 0 aliphatic carbocycles. The van der Waals surface area contributed by atoms with E-state index in [2.05, 4.69) is 41.6 Å². The summed E-state index contributed by atoms with van der Waals surface area (Å²) < 4.78 is 36.0. The second kappa shape index (κ2) is 14.2. The van der Waals surface area contributed by atoms with Gasteiger partial charge in [-0.3, -0.25) is 9.48 Å². The fourth-order valence-electron chi connectivity index (χ4n) is 6.75. The number of carbonyl (C=O) groups is 1. The third kappa shape index (κ3) is 6.98. The van der Waals surface area contributed by atoms with E-state index >= 15 is 0 Å². The standard InChI is InChI=1S/C40H41ClN4O4S/c1-25-21-32(22-26(2)39(25)41)49-20-10-13-33-28(4)45(40-34(33)11-9-12-35(40)38-27(3)43-44(6)29(38)5)23-30-15-17-31(18-16-30)36(46)24-50(47,48)37-14-7-8-19-42-37/h7-9,11-12,14-19,21-22H,10,13,20,23-24H2,1-6H3. The molecular weight excluding hydrogens is 668 g/mol. The highest BCUT2D eigenvalue weighted by Crippen LogP contribution is 2.38. The summed E-state index contributed by atoms with van der Waals surface area (Å²) in [5, 5.41) is 6.57. The minimum Gasteiger partial charge on any atom is -0.494 e. The summed E-state index contributed by atoms with van der Waals surface area (Å²) in [4.78, 5) is 17.0. The number of sulfone groups is 1. The number of halogens is 1. The number of ether oxygens (including phenoxy) is 1. The first-order valence-corrected chi connectivity index (χ1v) is 18.7. The highest BCUT2D eigenvalue weighted by Gasteiger charge is 2.23. The maximum Gasteiger partial charge on any atom is 0.203 e. The zero-order chi connectivity index (χ0) is 35.7. The van der Waals surface area contributed by atoms with Crippen molar-refractivity contribution in [1.29, 1.82) is 0 Å². The third-order valence-electron chi connectivity index (χ3n) is 9.39. The van der Waals surface area contributed by atoms with Gasteiger partial charge in [-0.05, 0) is 94.0 Å². The third-order valence-corrected chi connectivity index (χ3v) is 11.5. The van der Waals surface area contributed by atoms with Gasteiger partial charge in [0.25, 0.3) is 0 Å². The fourth-order valence-corrected chi connectivity index (χ4v) is 8.03. The number of hydrogen-bond acceptors (Lipinski definition) is 6. The van der Waals surface area contributed by atoms with Crippen LogP contribution in [0.1, 0.15) is 56.1 Å². The predicted molar refractivity (Wildman–Crippen MR) is 199 cm³/mol. The largest absolute Gasteiger partial charge is 0.494 e. The molecule has 0 atom stereocenters. The van der Waals surface area contributed by atoms with Crippen LogP contribution in [0.15, 0.2) is 84.0 Å². The lowest BCUT2D eigenvalue weighted by molar-refractivity contribution is 0.102. The Labute approximate surface area is 298 Å². The van der Waals surface area contributed by atoms with Gasteiger partial charge in [-0.2, -0.15) is 5.10 Å². The molecule has 6 rings (SSSR count). The summed E-state index contributed by atoms with van der Waals surface area (Å²) >= 11 is 6.37. The van der Waals surface area contributed by atoms with Crippen LogP contribution >= 0.6 is 11.6 Å². The Kier molecular flexibility index (Phi) is 10.0. The molecule has 0 N–H and O–H groups in total. The minimum absolute atomic E-state index is 0.104. The van der Waals surface area contributed by atoms with Gasteiger partial charge in [-0.1, -0.05) is 60.1 Å². The number of carbonyl (C=O) groups excluding carboxylic acids is 1. The van der Waals surface area contributed by atoms with Gasteiger partial charge in [0.05, 0.1) is 17.8 Å². The van der Waals surface area contributed by atoms with Crippen molar-refractivity contribution in [3.63, 3.8) is 0 Å². The smallest absolute Gasteiger partial charge is 0.203 e. The number of aryl methyl sites for hydroxylation is 5. The number of nitrogens with zero attached hydrogens (tertiary/aromatic N) is 4. The first kappa shape index (κ1) is 35.1. The van der Waals surface area contributed by atoms with Crippen LogP contribution in [0, 0.1) is 34.6 Å². The van der Waals surface area contributed by atoms with E-state index in [0.29, 0.717) is 18.7 Å². The summed E-state index contributed by atoms with van der Waals surface area (Å²) in [7, 11) is -1.88. The van der Waals surface area contributed by atoms with Crippen LogP contribution in [0.4, 0.5) is 0 Å². The Bertz CT molecular complexity index is 2300. The van der Waals surface area contributed by atoms with E-state index < -0.39 is 21.4 Å². The molecule has 0 radical (unpaired) electrons. The average molecular weight is 709 g/mol. The molecule has 3 aromatic heterocycles. The van der Waals surface area contributed by atoms with Crippen LogP contribution in [-0.4, -0.2) is 45.9 Å². The maximum absolute atomic E-state index is 13.0. The van der Waals surface area contributed by atoms with Crippen molar-refractivity contribution in [2.75, 3.05) is 12.4 Å². The molecule has 0 saturated heterocycles. The van der Waals surface area contributed by atoms with Crippen LogP contribution < -0.4 is 4.74 Å². The number of hydrogen-bond donors (Lipinski definition) is 0.